The van der Waals surface area contributed by atoms with E-state index in [9.17, 15) is 14.7 Å². The summed E-state index contributed by atoms with van der Waals surface area (Å²) in [7, 11) is 5.17. The minimum Gasteiger partial charge on any atom is -0.469 e. The van der Waals surface area contributed by atoms with E-state index in [-0.39, 0.29) is 12.0 Å². The van der Waals surface area contributed by atoms with Crippen molar-refractivity contribution in [2.24, 2.45) is 5.92 Å². The molecule has 3 unspecified atom stereocenters. The fourth-order valence-corrected chi connectivity index (χ4v) is 3.72. The van der Waals surface area contributed by atoms with Crippen LogP contribution in [0.4, 0.5) is 5.69 Å². The molecule has 0 amide bonds. The molecule has 1 aromatic carbocycles. The lowest BCUT2D eigenvalue weighted by molar-refractivity contribution is -0.156. The number of rotatable bonds is 3. The Morgan fingerprint density at radius 3 is 2.48 bits per heavy atom. The number of esters is 1. The first-order valence-electron chi connectivity index (χ1n) is 8.13. The summed E-state index contributed by atoms with van der Waals surface area (Å²) >= 11 is 0. The van der Waals surface area contributed by atoms with Crippen LogP contribution in [0.25, 0.3) is 0 Å². The molecule has 3 N–H and O–H groups in total. The maximum atomic E-state index is 12.5. The number of ether oxygens (including phenoxy) is 1. The van der Waals surface area contributed by atoms with Crippen molar-refractivity contribution in [2.45, 2.75) is 24.9 Å². The van der Waals surface area contributed by atoms with Crippen molar-refractivity contribution in [1.82, 2.24) is 10.2 Å². The number of carbonyl (C=O) groups is 1. The van der Waals surface area contributed by atoms with Gasteiger partial charge in [0.2, 0.25) is 0 Å². The molecule has 25 heavy (non-hydrogen) atoms. The van der Waals surface area contributed by atoms with E-state index in [0.717, 1.165) is 11.3 Å². The van der Waals surface area contributed by atoms with Crippen molar-refractivity contribution >= 4 is 11.7 Å². The van der Waals surface area contributed by atoms with Gasteiger partial charge in [-0.05, 0) is 24.6 Å². The van der Waals surface area contributed by atoms with E-state index in [4.69, 9.17) is 4.74 Å². The standard InChI is InChI=1S/C18H23N3O4/c1-18(24)9-12-14(16(22)20-19-12)13(15(18)17(23)25-4)10-5-7-11(8-6-10)21(2)3/h5-8,13,15,24H,9H2,1-4H3,(H2,19,20,22). The fraction of sp³-hybridized carbons (Fsp3) is 0.444. The summed E-state index contributed by atoms with van der Waals surface area (Å²) in [6, 6.07) is 7.61. The zero-order valence-corrected chi connectivity index (χ0v) is 14.8. The highest BCUT2D eigenvalue weighted by atomic mass is 16.5. The Labute approximate surface area is 145 Å². The summed E-state index contributed by atoms with van der Waals surface area (Å²) in [4.78, 5) is 26.8. The third-order valence-corrected chi connectivity index (χ3v) is 4.97. The summed E-state index contributed by atoms with van der Waals surface area (Å²) in [5.74, 6) is -1.98. The van der Waals surface area contributed by atoms with Gasteiger partial charge < -0.3 is 19.8 Å². The molecule has 7 heteroatoms. The van der Waals surface area contributed by atoms with Crippen LogP contribution >= 0.6 is 0 Å². The Bertz CT molecular complexity index is 833. The fourth-order valence-electron chi connectivity index (χ4n) is 3.72. The second-order valence-electron chi connectivity index (χ2n) is 6.97. The molecular formula is C18H23N3O4. The first kappa shape index (κ1) is 17.3. The number of fused-ring (bicyclic) bond motifs is 1. The van der Waals surface area contributed by atoms with Gasteiger partial charge >= 0.3 is 5.97 Å². The first-order valence-corrected chi connectivity index (χ1v) is 8.13. The molecule has 1 aromatic heterocycles. The second-order valence-corrected chi connectivity index (χ2v) is 6.97. The quantitative estimate of drug-likeness (QED) is 0.721. The lowest BCUT2D eigenvalue weighted by atomic mass is 9.66. The van der Waals surface area contributed by atoms with Crippen molar-refractivity contribution in [2.75, 3.05) is 26.1 Å². The van der Waals surface area contributed by atoms with Crippen molar-refractivity contribution in [3.63, 3.8) is 0 Å². The van der Waals surface area contributed by atoms with Crippen LogP contribution in [0.2, 0.25) is 0 Å². The number of methoxy groups -OCH3 is 1. The van der Waals surface area contributed by atoms with Gasteiger partial charge in [0.05, 0.1) is 18.6 Å². The number of hydrogen-bond donors (Lipinski definition) is 3. The molecule has 0 bridgehead atoms. The average molecular weight is 345 g/mol. The van der Waals surface area contributed by atoms with Crippen LogP contribution in [0, 0.1) is 5.92 Å². The van der Waals surface area contributed by atoms with Crippen LogP contribution in [0.5, 0.6) is 0 Å². The maximum Gasteiger partial charge on any atom is 0.312 e. The molecule has 0 aliphatic heterocycles. The van der Waals surface area contributed by atoms with E-state index in [1.807, 2.05) is 43.3 Å². The summed E-state index contributed by atoms with van der Waals surface area (Å²) in [5.41, 5.74) is 1.28. The van der Waals surface area contributed by atoms with E-state index in [2.05, 4.69) is 10.2 Å². The average Bonchev–Trinajstić information content (AvgIpc) is 2.92. The second kappa shape index (κ2) is 6.07. The number of nitrogens with zero attached hydrogens (tertiary/aromatic N) is 1. The SMILES string of the molecule is COC(=O)C1C(c2ccc(N(C)C)cc2)c2c([nH][nH]c2=O)CC1(C)O. The van der Waals surface area contributed by atoms with Crippen LogP contribution < -0.4 is 10.5 Å². The van der Waals surface area contributed by atoms with Gasteiger partial charge in [0.1, 0.15) is 0 Å². The first-order chi connectivity index (χ1) is 11.8. The van der Waals surface area contributed by atoms with Gasteiger partial charge in [-0.3, -0.25) is 14.7 Å². The number of carbonyl (C=O) groups excluding carboxylic acids is 1. The van der Waals surface area contributed by atoms with E-state index in [1.165, 1.54) is 7.11 Å². The summed E-state index contributed by atoms with van der Waals surface area (Å²) in [5, 5.41) is 16.3. The van der Waals surface area contributed by atoms with Crippen LogP contribution in [0.1, 0.15) is 29.7 Å². The van der Waals surface area contributed by atoms with Gasteiger partial charge in [0, 0.05) is 43.4 Å². The Kier molecular flexibility index (Phi) is 4.20. The number of benzene rings is 1. The van der Waals surface area contributed by atoms with Crippen molar-refractivity contribution < 1.29 is 14.6 Å². The topological polar surface area (TPSA) is 98.4 Å². The normalized spacial score (nSPS) is 25.3. The Morgan fingerprint density at radius 1 is 1.28 bits per heavy atom. The minimum absolute atomic E-state index is 0.174. The van der Waals surface area contributed by atoms with Crippen LogP contribution in [0.15, 0.2) is 29.1 Å². The predicted octanol–water partition coefficient (Wildman–Crippen LogP) is 0.997. The Hall–Kier alpha value is -2.54. The lowest BCUT2D eigenvalue weighted by Gasteiger charge is -2.40. The molecule has 3 rings (SSSR count). The van der Waals surface area contributed by atoms with Gasteiger partial charge in [0.25, 0.3) is 5.56 Å². The highest BCUT2D eigenvalue weighted by Crippen LogP contribution is 2.44. The summed E-state index contributed by atoms with van der Waals surface area (Å²) < 4.78 is 4.94. The summed E-state index contributed by atoms with van der Waals surface area (Å²) in [6.45, 7) is 1.60. The van der Waals surface area contributed by atoms with Crippen molar-refractivity contribution in [3.05, 3.63) is 51.4 Å². The van der Waals surface area contributed by atoms with E-state index >= 15 is 0 Å². The highest BCUT2D eigenvalue weighted by molar-refractivity contribution is 5.77. The zero-order chi connectivity index (χ0) is 18.4. The predicted molar refractivity (Wildman–Crippen MR) is 93.9 cm³/mol. The lowest BCUT2D eigenvalue weighted by Crippen LogP contribution is -2.49. The molecule has 0 spiro atoms. The molecular weight excluding hydrogens is 322 g/mol. The van der Waals surface area contributed by atoms with Crippen LogP contribution in [-0.4, -0.2) is 48.1 Å². The molecule has 7 nitrogen and oxygen atoms in total. The number of H-pyrrole nitrogens is 2. The molecule has 1 heterocycles. The zero-order valence-electron chi connectivity index (χ0n) is 14.8. The van der Waals surface area contributed by atoms with E-state index < -0.39 is 23.4 Å². The smallest absolute Gasteiger partial charge is 0.312 e. The molecule has 0 fully saturated rings. The Morgan fingerprint density at radius 2 is 1.92 bits per heavy atom. The van der Waals surface area contributed by atoms with Crippen molar-refractivity contribution in [1.29, 1.82) is 0 Å². The van der Waals surface area contributed by atoms with Gasteiger partial charge in [-0.15, -0.1) is 0 Å². The van der Waals surface area contributed by atoms with Gasteiger partial charge in [-0.25, -0.2) is 0 Å². The third-order valence-electron chi connectivity index (χ3n) is 4.97. The number of hydrogen-bond acceptors (Lipinski definition) is 5. The van der Waals surface area contributed by atoms with Crippen molar-refractivity contribution in [3.8, 4) is 0 Å². The van der Waals surface area contributed by atoms with Gasteiger partial charge in [-0.2, -0.15) is 0 Å². The van der Waals surface area contributed by atoms with Gasteiger partial charge in [-0.1, -0.05) is 12.1 Å². The van der Waals surface area contributed by atoms with Crippen LogP contribution in [0.3, 0.4) is 0 Å². The molecule has 0 saturated carbocycles. The highest BCUT2D eigenvalue weighted by Gasteiger charge is 2.51. The Balaban J connectivity index is 2.18. The minimum atomic E-state index is -1.34. The molecule has 2 aromatic rings. The molecule has 1 aliphatic carbocycles. The molecule has 0 saturated heterocycles. The monoisotopic (exact) mass is 345 g/mol. The molecule has 1 aliphatic rings. The van der Waals surface area contributed by atoms with E-state index in [0.29, 0.717) is 11.3 Å². The number of aliphatic hydroxyl groups is 1. The largest absolute Gasteiger partial charge is 0.469 e. The number of anilines is 1. The van der Waals surface area contributed by atoms with E-state index in [1.54, 1.807) is 6.92 Å². The number of aromatic amines is 2. The third kappa shape index (κ3) is 2.84. The molecule has 0 radical (unpaired) electrons. The summed E-state index contributed by atoms with van der Waals surface area (Å²) in [6.07, 6.45) is 0.174. The molecule has 134 valence electrons. The number of nitrogens with one attached hydrogen (secondary N) is 2. The number of aromatic nitrogens is 2. The molecule has 3 atom stereocenters. The van der Waals surface area contributed by atoms with Gasteiger partial charge in [0.15, 0.2) is 0 Å². The van der Waals surface area contributed by atoms with Crippen LogP contribution in [-0.2, 0) is 16.0 Å². The maximum absolute atomic E-state index is 12.5.